The summed E-state index contributed by atoms with van der Waals surface area (Å²) in [7, 11) is 1.63. The minimum Gasteiger partial charge on any atom is -0.495 e. The van der Waals surface area contributed by atoms with Crippen LogP contribution in [0, 0.1) is 11.3 Å². The van der Waals surface area contributed by atoms with Gasteiger partial charge in [-0.2, -0.15) is 17.0 Å². The van der Waals surface area contributed by atoms with E-state index in [1.54, 1.807) is 7.11 Å². The number of anilines is 1. The Kier molecular flexibility index (Phi) is 6.34. The average molecular weight is 250 g/mol. The number of hydrogen-bond acceptors (Lipinski definition) is 4. The van der Waals surface area contributed by atoms with Crippen molar-refractivity contribution >= 4 is 17.4 Å². The van der Waals surface area contributed by atoms with Crippen LogP contribution in [0.2, 0.25) is 0 Å². The van der Waals surface area contributed by atoms with Crippen LogP contribution in [0.1, 0.15) is 13.3 Å². The highest BCUT2D eigenvalue weighted by Crippen LogP contribution is 2.24. The fourth-order valence-electron chi connectivity index (χ4n) is 1.47. The average Bonchev–Trinajstić information content (AvgIpc) is 2.38. The summed E-state index contributed by atoms with van der Waals surface area (Å²) in [5.41, 5.74) is 0.878. The van der Waals surface area contributed by atoms with Gasteiger partial charge in [0.2, 0.25) is 0 Å². The van der Waals surface area contributed by atoms with Crippen molar-refractivity contribution in [3.63, 3.8) is 0 Å². The number of nitrogens with one attached hydrogen (secondary N) is 1. The second kappa shape index (κ2) is 7.86. The molecule has 0 aliphatic heterocycles. The van der Waals surface area contributed by atoms with Crippen molar-refractivity contribution in [2.75, 3.05) is 23.9 Å². The molecule has 17 heavy (non-hydrogen) atoms. The third kappa shape index (κ3) is 4.58. The van der Waals surface area contributed by atoms with E-state index in [4.69, 9.17) is 10.00 Å². The normalized spacial score (nSPS) is 11.6. The number of rotatable bonds is 7. The van der Waals surface area contributed by atoms with Crippen molar-refractivity contribution in [2.24, 2.45) is 0 Å². The Balaban J connectivity index is 2.58. The van der Waals surface area contributed by atoms with Gasteiger partial charge in [0.05, 0.1) is 18.9 Å². The molecule has 0 aromatic heterocycles. The zero-order valence-electron chi connectivity index (χ0n) is 10.3. The first kappa shape index (κ1) is 13.7. The summed E-state index contributed by atoms with van der Waals surface area (Å²) in [5, 5.41) is 12.3. The van der Waals surface area contributed by atoms with E-state index in [2.05, 4.69) is 18.3 Å². The molecule has 0 amide bonds. The zero-order chi connectivity index (χ0) is 12.5. The van der Waals surface area contributed by atoms with Crippen molar-refractivity contribution in [1.29, 1.82) is 5.26 Å². The molecule has 0 aliphatic carbocycles. The van der Waals surface area contributed by atoms with Gasteiger partial charge in [-0.05, 0) is 30.1 Å². The second-order valence-electron chi connectivity index (χ2n) is 3.51. The first-order valence-electron chi connectivity index (χ1n) is 5.68. The summed E-state index contributed by atoms with van der Waals surface area (Å²) in [6, 6.07) is 9.78. The van der Waals surface area contributed by atoms with Crippen LogP contribution in [0.4, 0.5) is 5.69 Å². The predicted molar refractivity (Wildman–Crippen MR) is 73.6 cm³/mol. The van der Waals surface area contributed by atoms with Crippen molar-refractivity contribution in [3.05, 3.63) is 24.3 Å². The monoisotopic (exact) mass is 250 g/mol. The van der Waals surface area contributed by atoms with Crippen LogP contribution in [0.25, 0.3) is 0 Å². The molecule has 1 unspecified atom stereocenters. The van der Waals surface area contributed by atoms with Gasteiger partial charge in [0.15, 0.2) is 0 Å². The molecule has 0 bridgehead atoms. The van der Waals surface area contributed by atoms with Crippen molar-refractivity contribution in [3.8, 4) is 11.8 Å². The summed E-state index contributed by atoms with van der Waals surface area (Å²) < 4.78 is 5.24. The molecule has 1 N–H and O–H groups in total. The minimum atomic E-state index is -0.162. The topological polar surface area (TPSA) is 45.0 Å². The molecule has 0 saturated heterocycles. The van der Waals surface area contributed by atoms with E-state index < -0.39 is 0 Å². The maximum atomic E-state index is 9.09. The Morgan fingerprint density at radius 3 is 2.88 bits per heavy atom. The molecule has 0 spiro atoms. The lowest BCUT2D eigenvalue weighted by Crippen LogP contribution is -2.18. The Morgan fingerprint density at radius 2 is 2.24 bits per heavy atom. The molecule has 0 heterocycles. The SMILES string of the molecule is CCSCCC(C#N)Nc1ccccc1OC. The predicted octanol–water partition coefficient (Wildman–Crippen LogP) is 3.14. The standard InChI is InChI=1S/C13H18N2OS/c1-3-17-9-8-11(10-14)15-12-6-4-5-7-13(12)16-2/h4-7,11,15H,3,8-9H2,1-2H3. The van der Waals surface area contributed by atoms with Gasteiger partial charge in [-0.1, -0.05) is 19.1 Å². The van der Waals surface area contributed by atoms with Gasteiger partial charge in [-0.25, -0.2) is 0 Å². The largest absolute Gasteiger partial charge is 0.495 e. The van der Waals surface area contributed by atoms with E-state index in [1.807, 2.05) is 36.0 Å². The van der Waals surface area contributed by atoms with Gasteiger partial charge in [0.1, 0.15) is 11.8 Å². The maximum absolute atomic E-state index is 9.09. The van der Waals surface area contributed by atoms with Crippen molar-refractivity contribution in [1.82, 2.24) is 0 Å². The molecule has 4 heteroatoms. The van der Waals surface area contributed by atoms with Crippen LogP contribution in [-0.2, 0) is 0 Å². The molecular formula is C13H18N2OS. The smallest absolute Gasteiger partial charge is 0.141 e. The quantitative estimate of drug-likeness (QED) is 0.755. The van der Waals surface area contributed by atoms with E-state index >= 15 is 0 Å². The first-order valence-corrected chi connectivity index (χ1v) is 6.84. The first-order chi connectivity index (χ1) is 8.31. The molecule has 0 saturated carbocycles. The Morgan fingerprint density at radius 1 is 1.47 bits per heavy atom. The highest BCUT2D eigenvalue weighted by Gasteiger charge is 2.09. The highest BCUT2D eigenvalue weighted by atomic mass is 32.2. The zero-order valence-corrected chi connectivity index (χ0v) is 11.1. The number of para-hydroxylation sites is 2. The van der Waals surface area contributed by atoms with Crippen LogP contribution >= 0.6 is 11.8 Å². The van der Waals surface area contributed by atoms with Crippen molar-refractivity contribution in [2.45, 2.75) is 19.4 Å². The lowest BCUT2D eigenvalue weighted by atomic mass is 10.2. The number of thioether (sulfide) groups is 1. The Hall–Kier alpha value is -1.34. The number of ether oxygens (including phenoxy) is 1. The van der Waals surface area contributed by atoms with E-state index in [-0.39, 0.29) is 6.04 Å². The molecule has 0 aliphatic rings. The fraction of sp³-hybridized carbons (Fsp3) is 0.462. The van der Waals surface area contributed by atoms with E-state index in [1.165, 1.54) is 0 Å². The Bertz CT molecular complexity index is 376. The van der Waals surface area contributed by atoms with Crippen LogP contribution in [0.15, 0.2) is 24.3 Å². The maximum Gasteiger partial charge on any atom is 0.141 e. The van der Waals surface area contributed by atoms with Gasteiger partial charge in [0, 0.05) is 0 Å². The molecule has 1 aromatic rings. The fourth-order valence-corrected chi connectivity index (χ4v) is 2.16. The third-order valence-corrected chi connectivity index (χ3v) is 3.28. The molecule has 1 aromatic carbocycles. The molecule has 92 valence electrons. The second-order valence-corrected chi connectivity index (χ2v) is 4.91. The summed E-state index contributed by atoms with van der Waals surface area (Å²) in [5.74, 6) is 2.86. The summed E-state index contributed by atoms with van der Waals surface area (Å²) in [6.07, 6.45) is 0.840. The molecule has 0 fully saturated rings. The molecule has 0 radical (unpaired) electrons. The van der Waals surface area contributed by atoms with E-state index in [0.717, 1.165) is 29.4 Å². The van der Waals surface area contributed by atoms with Crippen LogP contribution in [0.3, 0.4) is 0 Å². The Labute approximate surface area is 107 Å². The van der Waals surface area contributed by atoms with Gasteiger partial charge in [-0.3, -0.25) is 0 Å². The van der Waals surface area contributed by atoms with E-state index in [0.29, 0.717) is 0 Å². The van der Waals surface area contributed by atoms with Crippen LogP contribution in [-0.4, -0.2) is 24.7 Å². The van der Waals surface area contributed by atoms with Gasteiger partial charge < -0.3 is 10.1 Å². The van der Waals surface area contributed by atoms with E-state index in [9.17, 15) is 0 Å². The summed E-state index contributed by atoms with van der Waals surface area (Å²) >= 11 is 1.85. The van der Waals surface area contributed by atoms with Gasteiger partial charge in [0.25, 0.3) is 0 Å². The lowest BCUT2D eigenvalue weighted by molar-refractivity contribution is 0.416. The molecule has 1 rings (SSSR count). The number of nitrogens with zero attached hydrogens (tertiary/aromatic N) is 1. The summed E-state index contributed by atoms with van der Waals surface area (Å²) in [6.45, 7) is 2.12. The molecular weight excluding hydrogens is 232 g/mol. The summed E-state index contributed by atoms with van der Waals surface area (Å²) in [4.78, 5) is 0. The van der Waals surface area contributed by atoms with Crippen molar-refractivity contribution < 1.29 is 4.74 Å². The number of benzene rings is 1. The van der Waals surface area contributed by atoms with Gasteiger partial charge >= 0.3 is 0 Å². The lowest BCUT2D eigenvalue weighted by Gasteiger charge is -2.15. The molecule has 3 nitrogen and oxygen atoms in total. The third-order valence-electron chi connectivity index (χ3n) is 2.35. The number of nitriles is 1. The van der Waals surface area contributed by atoms with Gasteiger partial charge in [-0.15, -0.1) is 0 Å². The number of methoxy groups -OCH3 is 1. The number of hydrogen-bond donors (Lipinski definition) is 1. The highest BCUT2D eigenvalue weighted by molar-refractivity contribution is 7.99. The van der Waals surface area contributed by atoms with Crippen LogP contribution < -0.4 is 10.1 Å². The minimum absolute atomic E-state index is 0.162. The van der Waals surface area contributed by atoms with Crippen LogP contribution in [0.5, 0.6) is 5.75 Å². The molecule has 1 atom stereocenters.